The highest BCUT2D eigenvalue weighted by molar-refractivity contribution is 5.83. The highest BCUT2D eigenvalue weighted by atomic mass is 16.5. The van der Waals surface area contributed by atoms with E-state index >= 15 is 0 Å². The summed E-state index contributed by atoms with van der Waals surface area (Å²) in [5.74, 6) is 0.858. The van der Waals surface area contributed by atoms with Crippen molar-refractivity contribution in [1.82, 2.24) is 0 Å². The minimum atomic E-state index is -0.442. The van der Waals surface area contributed by atoms with Gasteiger partial charge in [-0.25, -0.2) is 4.79 Å². The third-order valence-corrected chi connectivity index (χ3v) is 5.48. The van der Waals surface area contributed by atoms with Crippen molar-refractivity contribution in [2.24, 2.45) is 0 Å². The van der Waals surface area contributed by atoms with E-state index in [1.54, 1.807) is 24.3 Å². The minimum Gasteiger partial charge on any atom is -0.457 e. The third-order valence-electron chi connectivity index (χ3n) is 5.48. The quantitative estimate of drug-likeness (QED) is 0.292. The fourth-order valence-corrected chi connectivity index (χ4v) is 3.74. The lowest BCUT2D eigenvalue weighted by atomic mass is 10.0. The first kappa shape index (κ1) is 20.8. The predicted octanol–water partition coefficient (Wildman–Crippen LogP) is 6.66. The summed E-state index contributed by atoms with van der Waals surface area (Å²) in [6, 6.07) is 33.4. The molecule has 5 nitrogen and oxygen atoms in total. The zero-order chi connectivity index (χ0) is 23.5. The van der Waals surface area contributed by atoms with Gasteiger partial charge < -0.3 is 9.15 Å². The molecule has 34 heavy (non-hydrogen) atoms. The van der Waals surface area contributed by atoms with E-state index in [0.717, 1.165) is 22.1 Å². The second-order valence-electron chi connectivity index (χ2n) is 7.62. The number of nitrogens with zero attached hydrogens (tertiary/aromatic N) is 2. The Morgan fingerprint density at radius 1 is 0.647 bits per heavy atom. The highest BCUT2D eigenvalue weighted by Gasteiger charge is 2.11. The van der Waals surface area contributed by atoms with Gasteiger partial charge in [-0.15, -0.1) is 0 Å². The molecule has 1 heterocycles. The topological polar surface area (TPSA) is 87.0 Å². The van der Waals surface area contributed by atoms with E-state index in [2.05, 4.69) is 0 Å². The molecule has 160 valence electrons. The van der Waals surface area contributed by atoms with Crippen LogP contribution < -0.4 is 10.4 Å². The molecular weight excluding hydrogens is 424 g/mol. The van der Waals surface area contributed by atoms with Gasteiger partial charge in [0.2, 0.25) is 0 Å². The molecule has 4 aromatic carbocycles. The fourth-order valence-electron chi connectivity index (χ4n) is 3.74. The second kappa shape index (κ2) is 8.78. The lowest BCUT2D eigenvalue weighted by Crippen LogP contribution is -2.02. The first-order valence-corrected chi connectivity index (χ1v) is 10.5. The predicted molar refractivity (Wildman–Crippen MR) is 129 cm³/mol. The number of rotatable bonds is 4. The third kappa shape index (κ3) is 4.02. The molecule has 0 radical (unpaired) electrons. The molecule has 0 spiro atoms. The van der Waals surface area contributed by atoms with Crippen LogP contribution in [0.15, 0.2) is 106 Å². The summed E-state index contributed by atoms with van der Waals surface area (Å²) in [6.45, 7) is 0. The lowest BCUT2D eigenvalue weighted by molar-refractivity contribution is 0.480. The molecule has 0 atom stereocenters. The van der Waals surface area contributed by atoms with E-state index in [4.69, 9.17) is 14.4 Å². The van der Waals surface area contributed by atoms with Crippen LogP contribution in [0, 0.1) is 22.7 Å². The van der Waals surface area contributed by atoms with E-state index in [0.29, 0.717) is 22.6 Å². The van der Waals surface area contributed by atoms with Crippen molar-refractivity contribution >= 4 is 11.0 Å². The van der Waals surface area contributed by atoms with Crippen molar-refractivity contribution < 1.29 is 9.15 Å². The summed E-state index contributed by atoms with van der Waals surface area (Å²) in [4.78, 5) is 12.7. The van der Waals surface area contributed by atoms with Crippen molar-refractivity contribution in [1.29, 1.82) is 10.5 Å². The Morgan fingerprint density at radius 3 is 2.03 bits per heavy atom. The van der Waals surface area contributed by atoms with Gasteiger partial charge in [-0.1, -0.05) is 54.6 Å². The molecule has 1 aromatic heterocycles. The molecule has 5 rings (SSSR count). The first-order chi connectivity index (χ1) is 16.6. The smallest absolute Gasteiger partial charge is 0.344 e. The van der Waals surface area contributed by atoms with Gasteiger partial charge in [-0.3, -0.25) is 0 Å². The van der Waals surface area contributed by atoms with Crippen molar-refractivity contribution in [2.45, 2.75) is 0 Å². The molecule has 0 aliphatic rings. The number of nitriles is 2. The van der Waals surface area contributed by atoms with Crippen LogP contribution >= 0.6 is 0 Å². The van der Waals surface area contributed by atoms with Gasteiger partial charge in [0.05, 0.1) is 16.7 Å². The highest BCUT2D eigenvalue weighted by Crippen LogP contribution is 2.29. The Morgan fingerprint density at radius 2 is 1.29 bits per heavy atom. The number of hydrogen-bond acceptors (Lipinski definition) is 5. The molecule has 0 amide bonds. The lowest BCUT2D eigenvalue weighted by Gasteiger charge is -2.08. The summed E-state index contributed by atoms with van der Waals surface area (Å²) in [7, 11) is 0. The van der Waals surface area contributed by atoms with E-state index in [1.807, 2.05) is 72.8 Å². The molecule has 0 aliphatic heterocycles. The minimum absolute atomic E-state index is 0.232. The Labute approximate surface area is 195 Å². The normalized spacial score (nSPS) is 10.4. The second-order valence-corrected chi connectivity index (χ2v) is 7.62. The maximum absolute atomic E-state index is 12.7. The van der Waals surface area contributed by atoms with Crippen LogP contribution in [0.3, 0.4) is 0 Å². The molecule has 0 unspecified atom stereocenters. The van der Waals surface area contributed by atoms with Gasteiger partial charge in [0.15, 0.2) is 0 Å². The monoisotopic (exact) mass is 440 g/mol. The van der Waals surface area contributed by atoms with Crippen LogP contribution in [0.4, 0.5) is 0 Å². The number of fused-ring (bicyclic) bond motifs is 1. The number of benzene rings is 4. The summed E-state index contributed by atoms with van der Waals surface area (Å²) in [6.07, 6.45) is 0. The van der Waals surface area contributed by atoms with Gasteiger partial charge in [-0.2, -0.15) is 10.5 Å². The van der Waals surface area contributed by atoms with E-state index in [9.17, 15) is 10.1 Å². The molecular formula is C29H16N2O3. The average molecular weight is 440 g/mol. The van der Waals surface area contributed by atoms with Crippen molar-refractivity contribution in [2.75, 3.05) is 0 Å². The van der Waals surface area contributed by atoms with E-state index < -0.39 is 5.63 Å². The standard InChI is InChI=1S/C29H16N2O3/c30-17-23-11-13-25(14-24(23)18-31)33-26-12-10-22-15-27(29(32)34-28(22)16-26)21-8-6-20(7-9-21)19-4-2-1-3-5-19/h1-16H. The summed E-state index contributed by atoms with van der Waals surface area (Å²) in [5.41, 5.74) is 3.89. The average Bonchev–Trinajstić information content (AvgIpc) is 2.89. The molecule has 0 aliphatic carbocycles. The molecule has 0 saturated carbocycles. The zero-order valence-electron chi connectivity index (χ0n) is 17.9. The Balaban J connectivity index is 1.44. The van der Waals surface area contributed by atoms with Crippen LogP contribution in [-0.2, 0) is 0 Å². The molecule has 5 aromatic rings. The van der Waals surface area contributed by atoms with Gasteiger partial charge in [-0.05, 0) is 53.1 Å². The van der Waals surface area contributed by atoms with Crippen molar-refractivity contribution in [3.8, 4) is 45.9 Å². The Bertz CT molecular complexity index is 1660. The molecule has 0 saturated heterocycles. The van der Waals surface area contributed by atoms with Gasteiger partial charge in [0, 0.05) is 11.5 Å². The molecule has 0 bridgehead atoms. The SMILES string of the molecule is N#Cc1ccc(Oc2ccc3cc(-c4ccc(-c5ccccc5)cc4)c(=O)oc3c2)cc1C#N. The van der Waals surface area contributed by atoms with Gasteiger partial charge in [0.25, 0.3) is 0 Å². The van der Waals surface area contributed by atoms with E-state index in [-0.39, 0.29) is 11.1 Å². The van der Waals surface area contributed by atoms with Crippen LogP contribution in [0.1, 0.15) is 11.1 Å². The zero-order valence-corrected chi connectivity index (χ0v) is 17.9. The molecule has 0 N–H and O–H groups in total. The van der Waals surface area contributed by atoms with Gasteiger partial charge >= 0.3 is 5.63 Å². The first-order valence-electron chi connectivity index (χ1n) is 10.5. The maximum atomic E-state index is 12.7. The van der Waals surface area contributed by atoms with Crippen molar-refractivity contribution in [3.63, 3.8) is 0 Å². The number of ether oxygens (including phenoxy) is 1. The molecule has 5 heteroatoms. The summed E-state index contributed by atoms with van der Waals surface area (Å²) < 4.78 is 11.4. The van der Waals surface area contributed by atoms with Crippen LogP contribution in [-0.4, -0.2) is 0 Å². The number of hydrogen-bond donors (Lipinski definition) is 0. The van der Waals surface area contributed by atoms with Crippen LogP contribution in [0.25, 0.3) is 33.2 Å². The van der Waals surface area contributed by atoms with E-state index in [1.165, 1.54) is 12.1 Å². The fraction of sp³-hybridized carbons (Fsp3) is 0. The largest absolute Gasteiger partial charge is 0.457 e. The summed E-state index contributed by atoms with van der Waals surface area (Å²) >= 11 is 0. The van der Waals surface area contributed by atoms with Crippen LogP contribution in [0.5, 0.6) is 11.5 Å². The van der Waals surface area contributed by atoms with Crippen LogP contribution in [0.2, 0.25) is 0 Å². The summed E-state index contributed by atoms with van der Waals surface area (Å²) in [5, 5.41) is 19.0. The van der Waals surface area contributed by atoms with Gasteiger partial charge in [0.1, 0.15) is 29.2 Å². The maximum Gasteiger partial charge on any atom is 0.344 e. The molecule has 0 fully saturated rings. The van der Waals surface area contributed by atoms with Crippen molar-refractivity contribution in [3.05, 3.63) is 119 Å². The Hall–Kier alpha value is -5.13. The Kier molecular flexibility index (Phi) is 5.36.